The number of hydrogen-bond donors (Lipinski definition) is 1. The molecule has 0 aliphatic carbocycles. The third kappa shape index (κ3) is 4.83. The van der Waals surface area contributed by atoms with Crippen molar-refractivity contribution in [3.8, 4) is 11.5 Å². The second-order valence-electron chi connectivity index (χ2n) is 5.77. The number of para-hydroxylation sites is 1. The summed E-state index contributed by atoms with van der Waals surface area (Å²) in [6.07, 6.45) is 0.00356. The van der Waals surface area contributed by atoms with Crippen molar-refractivity contribution >= 4 is 33.3 Å². The Bertz CT molecular complexity index is 933. The van der Waals surface area contributed by atoms with Crippen LogP contribution in [0, 0.1) is 0 Å². The molecular formula is C20H19NO5S. The van der Waals surface area contributed by atoms with Crippen molar-refractivity contribution in [2.45, 2.75) is 26.4 Å². The fourth-order valence-electron chi connectivity index (χ4n) is 2.51. The molecule has 140 valence electrons. The normalized spacial score (nSPS) is 10.7. The summed E-state index contributed by atoms with van der Waals surface area (Å²) >= 11 is 1.48. The van der Waals surface area contributed by atoms with Gasteiger partial charge in [0, 0.05) is 12.0 Å². The van der Waals surface area contributed by atoms with Crippen molar-refractivity contribution in [3.63, 3.8) is 0 Å². The molecule has 1 heterocycles. The molecule has 0 radical (unpaired) electrons. The molecule has 0 saturated heterocycles. The first kappa shape index (κ1) is 18.8. The second kappa shape index (κ2) is 8.64. The molecule has 0 aliphatic rings. The summed E-state index contributed by atoms with van der Waals surface area (Å²) in [7, 11) is 0. The van der Waals surface area contributed by atoms with Gasteiger partial charge in [0.05, 0.1) is 23.2 Å². The van der Waals surface area contributed by atoms with E-state index in [1.807, 2.05) is 24.3 Å². The first-order valence-electron chi connectivity index (χ1n) is 8.56. The average Bonchev–Trinajstić information content (AvgIpc) is 3.09. The van der Waals surface area contributed by atoms with Crippen LogP contribution in [0.2, 0.25) is 0 Å². The van der Waals surface area contributed by atoms with E-state index >= 15 is 0 Å². The van der Waals surface area contributed by atoms with Crippen molar-refractivity contribution in [1.82, 2.24) is 4.98 Å². The number of aromatic hydroxyl groups is 1. The lowest BCUT2D eigenvalue weighted by molar-refractivity contribution is -0.144. The Labute approximate surface area is 160 Å². The van der Waals surface area contributed by atoms with E-state index in [0.29, 0.717) is 12.2 Å². The lowest BCUT2D eigenvalue weighted by Crippen LogP contribution is -2.08. The summed E-state index contributed by atoms with van der Waals surface area (Å²) in [6.45, 7) is 2.26. The summed E-state index contributed by atoms with van der Waals surface area (Å²) in [5.74, 6) is -0.440. The fraction of sp³-hybridized carbons (Fsp3) is 0.250. The van der Waals surface area contributed by atoms with E-state index in [1.165, 1.54) is 29.5 Å². The van der Waals surface area contributed by atoms with Crippen LogP contribution in [0.3, 0.4) is 0 Å². The molecule has 0 unspecified atom stereocenters. The molecule has 0 saturated carbocycles. The summed E-state index contributed by atoms with van der Waals surface area (Å²) in [5, 5.41) is 10.4. The lowest BCUT2D eigenvalue weighted by Gasteiger charge is -2.08. The molecular weight excluding hydrogens is 366 g/mol. The van der Waals surface area contributed by atoms with Crippen LogP contribution in [-0.2, 0) is 16.1 Å². The van der Waals surface area contributed by atoms with Crippen molar-refractivity contribution in [3.05, 3.63) is 53.0 Å². The van der Waals surface area contributed by atoms with Gasteiger partial charge in [0.25, 0.3) is 0 Å². The van der Waals surface area contributed by atoms with E-state index in [-0.39, 0.29) is 36.7 Å². The molecule has 0 amide bonds. The number of aromatic nitrogens is 1. The number of Topliss-reactive ketones (excluding diaryl/α,β-unsaturated/α-hetero) is 1. The molecule has 6 nitrogen and oxygen atoms in total. The van der Waals surface area contributed by atoms with Crippen molar-refractivity contribution in [1.29, 1.82) is 0 Å². The Kier molecular flexibility index (Phi) is 6.03. The predicted octanol–water partition coefficient (Wildman–Crippen LogP) is 4.11. The van der Waals surface area contributed by atoms with Crippen LogP contribution >= 0.6 is 11.3 Å². The van der Waals surface area contributed by atoms with Crippen LogP contribution < -0.4 is 4.74 Å². The van der Waals surface area contributed by atoms with E-state index in [0.717, 1.165) is 15.2 Å². The minimum Gasteiger partial charge on any atom is -0.504 e. The van der Waals surface area contributed by atoms with Crippen LogP contribution in [0.15, 0.2) is 42.5 Å². The number of hydrogen-bond acceptors (Lipinski definition) is 7. The summed E-state index contributed by atoms with van der Waals surface area (Å²) < 4.78 is 11.5. The highest BCUT2D eigenvalue weighted by Crippen LogP contribution is 2.27. The molecule has 0 aliphatic heterocycles. The van der Waals surface area contributed by atoms with Crippen molar-refractivity contribution in [2.75, 3.05) is 6.61 Å². The molecule has 1 N–H and O–H groups in total. The number of carbonyl (C=O) groups excluding carboxylic acids is 2. The largest absolute Gasteiger partial charge is 0.504 e. The van der Waals surface area contributed by atoms with Crippen LogP contribution in [0.25, 0.3) is 10.2 Å². The molecule has 0 bridgehead atoms. The Morgan fingerprint density at radius 2 is 1.96 bits per heavy atom. The second-order valence-corrected chi connectivity index (χ2v) is 6.89. The maximum absolute atomic E-state index is 12.3. The minimum absolute atomic E-state index is 0.0193. The Hall–Kier alpha value is -2.93. The monoisotopic (exact) mass is 385 g/mol. The van der Waals surface area contributed by atoms with Gasteiger partial charge in [-0.05, 0) is 37.3 Å². The molecule has 3 rings (SSSR count). The molecule has 0 spiro atoms. The first-order chi connectivity index (χ1) is 13.1. The summed E-state index contributed by atoms with van der Waals surface area (Å²) in [5.41, 5.74) is 1.26. The highest BCUT2D eigenvalue weighted by atomic mass is 32.1. The maximum Gasteiger partial charge on any atom is 0.306 e. The van der Waals surface area contributed by atoms with Crippen molar-refractivity contribution in [2.24, 2.45) is 0 Å². The van der Waals surface area contributed by atoms with Gasteiger partial charge in [0.15, 0.2) is 17.3 Å². The van der Waals surface area contributed by atoms with Gasteiger partial charge >= 0.3 is 5.97 Å². The lowest BCUT2D eigenvalue weighted by atomic mass is 10.1. The Balaban J connectivity index is 1.51. The van der Waals surface area contributed by atoms with E-state index < -0.39 is 5.97 Å². The van der Waals surface area contributed by atoms with Gasteiger partial charge in [0.2, 0.25) is 0 Å². The fourth-order valence-corrected chi connectivity index (χ4v) is 3.40. The molecule has 7 heteroatoms. The van der Waals surface area contributed by atoms with Gasteiger partial charge in [0.1, 0.15) is 11.6 Å². The third-order valence-electron chi connectivity index (χ3n) is 3.83. The van der Waals surface area contributed by atoms with Crippen LogP contribution in [0.4, 0.5) is 0 Å². The summed E-state index contributed by atoms with van der Waals surface area (Å²) in [6, 6.07) is 12.1. The number of rotatable bonds is 8. The third-order valence-corrected chi connectivity index (χ3v) is 4.84. The number of carbonyl (C=O) groups is 2. The molecule has 2 aromatic carbocycles. The van der Waals surface area contributed by atoms with Gasteiger partial charge in [-0.15, -0.1) is 11.3 Å². The van der Waals surface area contributed by atoms with E-state index in [2.05, 4.69) is 4.98 Å². The van der Waals surface area contributed by atoms with E-state index in [1.54, 1.807) is 6.92 Å². The van der Waals surface area contributed by atoms with Gasteiger partial charge in [-0.3, -0.25) is 9.59 Å². The molecule has 0 fully saturated rings. The zero-order valence-electron chi connectivity index (χ0n) is 14.8. The molecule has 3 aromatic rings. The number of thiazole rings is 1. The van der Waals surface area contributed by atoms with Gasteiger partial charge in [-0.25, -0.2) is 4.98 Å². The van der Waals surface area contributed by atoms with E-state index in [4.69, 9.17) is 9.47 Å². The quantitative estimate of drug-likeness (QED) is 0.464. The number of phenolic OH excluding ortho intramolecular Hbond substituents is 1. The smallest absolute Gasteiger partial charge is 0.306 e. The Morgan fingerprint density at radius 3 is 2.74 bits per heavy atom. The van der Waals surface area contributed by atoms with Gasteiger partial charge in [-0.1, -0.05) is 12.1 Å². The molecule has 1 aromatic heterocycles. The standard InChI is InChI=1S/C20H19NO5S/c1-2-25-17-11-13(7-8-16(17)23)15(22)9-10-20(24)26-12-19-21-14-5-3-4-6-18(14)27-19/h3-8,11,23H,2,9-10,12H2,1H3. The highest BCUT2D eigenvalue weighted by Gasteiger charge is 2.14. The number of phenols is 1. The van der Waals surface area contributed by atoms with Gasteiger partial charge in [-0.2, -0.15) is 0 Å². The maximum atomic E-state index is 12.3. The zero-order chi connectivity index (χ0) is 19.2. The van der Waals surface area contributed by atoms with Crippen LogP contribution in [0.5, 0.6) is 11.5 Å². The SMILES string of the molecule is CCOc1cc(C(=O)CCC(=O)OCc2nc3ccccc3s2)ccc1O. The number of ketones is 1. The highest BCUT2D eigenvalue weighted by molar-refractivity contribution is 7.18. The van der Waals surface area contributed by atoms with Crippen molar-refractivity contribution < 1.29 is 24.2 Å². The molecule has 27 heavy (non-hydrogen) atoms. The Morgan fingerprint density at radius 1 is 1.15 bits per heavy atom. The zero-order valence-corrected chi connectivity index (χ0v) is 15.6. The number of esters is 1. The minimum atomic E-state index is -0.452. The van der Waals surface area contributed by atoms with Crippen LogP contribution in [0.1, 0.15) is 35.1 Å². The van der Waals surface area contributed by atoms with Crippen LogP contribution in [-0.4, -0.2) is 28.4 Å². The summed E-state index contributed by atoms with van der Waals surface area (Å²) in [4.78, 5) is 28.6. The first-order valence-corrected chi connectivity index (χ1v) is 9.37. The van der Waals surface area contributed by atoms with Gasteiger partial charge < -0.3 is 14.6 Å². The number of ether oxygens (including phenoxy) is 2. The topological polar surface area (TPSA) is 85.7 Å². The predicted molar refractivity (Wildman–Crippen MR) is 102 cm³/mol. The average molecular weight is 385 g/mol. The number of nitrogens with zero attached hydrogens (tertiary/aromatic N) is 1. The molecule has 0 atom stereocenters. The van der Waals surface area contributed by atoms with E-state index in [9.17, 15) is 14.7 Å². The number of benzene rings is 2. The number of fused-ring (bicyclic) bond motifs is 1.